The van der Waals surface area contributed by atoms with E-state index >= 15 is 0 Å². The Morgan fingerprint density at radius 3 is 1.56 bits per heavy atom. The van der Waals surface area contributed by atoms with E-state index in [1.807, 2.05) is 0 Å². The molecule has 0 bridgehead atoms. The molecule has 0 radical (unpaired) electrons. The number of aliphatic carboxylic acids is 2. The van der Waals surface area contributed by atoms with Gasteiger partial charge in [-0.25, -0.2) is 4.79 Å². The van der Waals surface area contributed by atoms with Gasteiger partial charge in [0.2, 0.25) is 17.7 Å². The number of phenolic OH excluding ortho intramolecular Hbond substituents is 2. The Labute approximate surface area is 259 Å². The SMILES string of the molecule is NC(Cc1ccc(O)cc1)C(=O)NC(CCC(=O)O)C(=O)NC(Cc1ccccc1)C(=O)NC(Cc1ccc(O)cc1)C(=O)O. The number of benzene rings is 3. The summed E-state index contributed by atoms with van der Waals surface area (Å²) in [4.78, 5) is 63.2. The second kappa shape index (κ2) is 16.4. The minimum Gasteiger partial charge on any atom is -0.508 e. The number of hydrogen-bond acceptors (Lipinski definition) is 8. The van der Waals surface area contributed by atoms with Crippen LogP contribution >= 0.6 is 0 Å². The van der Waals surface area contributed by atoms with Crippen molar-refractivity contribution in [3.8, 4) is 11.5 Å². The molecule has 0 heterocycles. The molecule has 0 fully saturated rings. The molecule has 3 rings (SSSR count). The number of carbonyl (C=O) groups excluding carboxylic acids is 3. The zero-order valence-electron chi connectivity index (χ0n) is 24.3. The van der Waals surface area contributed by atoms with Crippen LogP contribution in [0.3, 0.4) is 0 Å². The van der Waals surface area contributed by atoms with E-state index in [4.69, 9.17) is 5.73 Å². The molecule has 0 spiro atoms. The monoisotopic (exact) mass is 620 g/mol. The van der Waals surface area contributed by atoms with Gasteiger partial charge in [0.1, 0.15) is 29.6 Å². The summed E-state index contributed by atoms with van der Waals surface area (Å²) in [5, 5.41) is 45.5. The first-order valence-corrected chi connectivity index (χ1v) is 14.1. The van der Waals surface area contributed by atoms with E-state index in [0.29, 0.717) is 16.7 Å². The van der Waals surface area contributed by atoms with Crippen molar-refractivity contribution in [1.29, 1.82) is 0 Å². The van der Waals surface area contributed by atoms with Crippen LogP contribution in [0.25, 0.3) is 0 Å². The van der Waals surface area contributed by atoms with Crippen LogP contribution < -0.4 is 21.7 Å². The molecule has 4 unspecified atom stereocenters. The van der Waals surface area contributed by atoms with Gasteiger partial charge < -0.3 is 42.1 Å². The molecule has 0 aliphatic carbocycles. The van der Waals surface area contributed by atoms with Gasteiger partial charge in [-0.05, 0) is 53.8 Å². The van der Waals surface area contributed by atoms with Crippen LogP contribution in [0.2, 0.25) is 0 Å². The Hall–Kier alpha value is -5.43. The summed E-state index contributed by atoms with van der Waals surface area (Å²) in [5.74, 6) is -4.92. The number of aromatic hydroxyl groups is 2. The molecule has 4 atom stereocenters. The number of phenols is 2. The average molecular weight is 621 g/mol. The molecule has 45 heavy (non-hydrogen) atoms. The Morgan fingerprint density at radius 1 is 0.578 bits per heavy atom. The number of carboxylic acids is 2. The average Bonchev–Trinajstić information content (AvgIpc) is 3.00. The number of nitrogens with two attached hydrogens (primary N) is 1. The number of carbonyl (C=O) groups is 5. The van der Waals surface area contributed by atoms with Crippen molar-refractivity contribution in [2.75, 3.05) is 0 Å². The fourth-order valence-electron chi connectivity index (χ4n) is 4.47. The molecular weight excluding hydrogens is 584 g/mol. The molecule has 238 valence electrons. The molecule has 3 aromatic rings. The highest BCUT2D eigenvalue weighted by Gasteiger charge is 2.31. The molecular formula is C32H36N4O9. The van der Waals surface area contributed by atoms with Gasteiger partial charge in [-0.1, -0.05) is 54.6 Å². The minimum atomic E-state index is -1.38. The van der Waals surface area contributed by atoms with Crippen LogP contribution in [-0.2, 0) is 43.2 Å². The third-order valence-electron chi connectivity index (χ3n) is 6.91. The minimum absolute atomic E-state index is 0.00819. The molecule has 13 nitrogen and oxygen atoms in total. The van der Waals surface area contributed by atoms with Crippen molar-refractivity contribution in [3.05, 3.63) is 95.6 Å². The maximum Gasteiger partial charge on any atom is 0.326 e. The van der Waals surface area contributed by atoms with Crippen LogP contribution in [0.5, 0.6) is 11.5 Å². The smallest absolute Gasteiger partial charge is 0.326 e. The second-order valence-corrected chi connectivity index (χ2v) is 10.5. The summed E-state index contributed by atoms with van der Waals surface area (Å²) in [7, 11) is 0. The lowest BCUT2D eigenvalue weighted by molar-refractivity contribution is -0.142. The first-order chi connectivity index (χ1) is 21.4. The summed E-state index contributed by atoms with van der Waals surface area (Å²) >= 11 is 0. The Morgan fingerprint density at radius 2 is 1.02 bits per heavy atom. The number of nitrogens with one attached hydrogen (secondary N) is 3. The van der Waals surface area contributed by atoms with Crippen molar-refractivity contribution in [2.45, 2.75) is 56.3 Å². The lowest BCUT2D eigenvalue weighted by Crippen LogP contribution is -2.58. The van der Waals surface area contributed by atoms with E-state index in [1.54, 1.807) is 42.5 Å². The van der Waals surface area contributed by atoms with Crippen LogP contribution in [-0.4, -0.2) is 74.3 Å². The maximum atomic E-state index is 13.4. The van der Waals surface area contributed by atoms with Crippen LogP contribution in [0.4, 0.5) is 0 Å². The first-order valence-electron chi connectivity index (χ1n) is 14.1. The standard InChI is InChI=1S/C32H36N4O9/c33-24(16-20-6-10-22(37)11-7-20)29(41)34-25(14-15-28(39)40)30(42)35-26(17-19-4-2-1-3-5-19)31(43)36-27(32(44)45)18-21-8-12-23(38)13-9-21/h1-13,24-27,37-38H,14-18,33H2,(H,34,41)(H,35,42)(H,36,43)(H,39,40)(H,44,45). The molecule has 13 heteroatoms. The van der Waals surface area contributed by atoms with Crippen molar-refractivity contribution >= 4 is 29.7 Å². The highest BCUT2D eigenvalue weighted by atomic mass is 16.4. The lowest BCUT2D eigenvalue weighted by atomic mass is 10.0. The number of carboxylic acid groups (broad SMARTS) is 2. The predicted molar refractivity (Wildman–Crippen MR) is 162 cm³/mol. The lowest BCUT2D eigenvalue weighted by Gasteiger charge is -2.25. The number of hydrogen-bond donors (Lipinski definition) is 8. The summed E-state index contributed by atoms with van der Waals surface area (Å²) in [5.41, 5.74) is 7.86. The van der Waals surface area contributed by atoms with Crippen molar-refractivity contribution < 1.29 is 44.4 Å². The van der Waals surface area contributed by atoms with Crippen molar-refractivity contribution in [3.63, 3.8) is 0 Å². The third kappa shape index (κ3) is 11.3. The second-order valence-electron chi connectivity index (χ2n) is 10.5. The maximum absolute atomic E-state index is 13.4. The zero-order valence-corrected chi connectivity index (χ0v) is 24.3. The molecule has 0 aliphatic rings. The Kier molecular flexibility index (Phi) is 12.4. The van der Waals surface area contributed by atoms with Gasteiger partial charge in [-0.2, -0.15) is 0 Å². The molecule has 3 amide bonds. The van der Waals surface area contributed by atoms with Gasteiger partial charge in [0.05, 0.1) is 6.04 Å². The van der Waals surface area contributed by atoms with Gasteiger partial charge in [0, 0.05) is 19.3 Å². The number of amides is 3. The van der Waals surface area contributed by atoms with Crippen molar-refractivity contribution in [1.82, 2.24) is 16.0 Å². The van der Waals surface area contributed by atoms with E-state index in [2.05, 4.69) is 16.0 Å². The van der Waals surface area contributed by atoms with Gasteiger partial charge in [0.15, 0.2) is 0 Å². The summed E-state index contributed by atoms with van der Waals surface area (Å²) < 4.78 is 0. The normalized spacial score (nSPS) is 13.4. The molecule has 9 N–H and O–H groups in total. The fraction of sp³-hybridized carbons (Fsp3) is 0.281. The molecule has 0 saturated carbocycles. The molecule has 3 aromatic carbocycles. The highest BCUT2D eigenvalue weighted by Crippen LogP contribution is 2.13. The largest absolute Gasteiger partial charge is 0.508 e. The molecule has 0 aromatic heterocycles. The van der Waals surface area contributed by atoms with E-state index < -0.39 is 60.2 Å². The molecule has 0 saturated heterocycles. The van der Waals surface area contributed by atoms with Gasteiger partial charge >= 0.3 is 11.9 Å². The van der Waals surface area contributed by atoms with Gasteiger partial charge in [-0.3, -0.25) is 19.2 Å². The van der Waals surface area contributed by atoms with Crippen LogP contribution in [0.1, 0.15) is 29.5 Å². The topological polar surface area (TPSA) is 228 Å². The van der Waals surface area contributed by atoms with Gasteiger partial charge in [0.25, 0.3) is 0 Å². The Bertz CT molecular complexity index is 1460. The highest BCUT2D eigenvalue weighted by molar-refractivity contribution is 5.94. The quantitative estimate of drug-likeness (QED) is 0.113. The third-order valence-corrected chi connectivity index (χ3v) is 6.91. The first kappa shape index (κ1) is 34.1. The van der Waals surface area contributed by atoms with Gasteiger partial charge in [-0.15, -0.1) is 0 Å². The summed E-state index contributed by atoms with van der Waals surface area (Å²) in [6, 6.07) is 15.3. The summed E-state index contributed by atoms with van der Waals surface area (Å²) in [6.45, 7) is 0. The van der Waals surface area contributed by atoms with E-state index in [0.717, 1.165) is 0 Å². The Balaban J connectivity index is 1.78. The van der Waals surface area contributed by atoms with Crippen LogP contribution in [0.15, 0.2) is 78.9 Å². The van der Waals surface area contributed by atoms with E-state index in [1.165, 1.54) is 36.4 Å². The van der Waals surface area contributed by atoms with Crippen LogP contribution in [0, 0.1) is 0 Å². The van der Waals surface area contributed by atoms with E-state index in [-0.39, 0.29) is 37.2 Å². The summed E-state index contributed by atoms with van der Waals surface area (Å²) in [6.07, 6.45) is -0.866. The fourth-order valence-corrected chi connectivity index (χ4v) is 4.47. The predicted octanol–water partition coefficient (Wildman–Crippen LogP) is 0.857. The number of rotatable bonds is 16. The van der Waals surface area contributed by atoms with E-state index in [9.17, 15) is 44.4 Å². The molecule has 0 aliphatic heterocycles. The van der Waals surface area contributed by atoms with Crippen molar-refractivity contribution in [2.24, 2.45) is 5.73 Å². The zero-order chi connectivity index (χ0) is 32.9.